The van der Waals surface area contributed by atoms with E-state index in [-0.39, 0.29) is 11.8 Å². The molecule has 0 bridgehead atoms. The summed E-state index contributed by atoms with van der Waals surface area (Å²) in [5.41, 5.74) is 3.14. The molecule has 144 valence electrons. The third kappa shape index (κ3) is 3.73. The largest absolute Gasteiger partial charge is 0.508 e. The first kappa shape index (κ1) is 18.5. The lowest BCUT2D eigenvalue weighted by Gasteiger charge is -2.26. The monoisotopic (exact) mass is 392 g/mol. The number of nitrogens with one attached hydrogen (secondary N) is 1. The molecule has 0 aliphatic heterocycles. The molecule has 0 aliphatic rings. The third-order valence-corrected chi connectivity index (χ3v) is 6.11. The molecule has 0 spiro atoms. The number of thiazole rings is 1. The van der Waals surface area contributed by atoms with Crippen LogP contribution in [0.1, 0.15) is 38.3 Å². The van der Waals surface area contributed by atoms with Gasteiger partial charge in [0.05, 0.1) is 16.3 Å². The Kier molecular flexibility index (Phi) is 5.30. The van der Waals surface area contributed by atoms with Crippen LogP contribution in [0.25, 0.3) is 10.2 Å². The molecule has 28 heavy (non-hydrogen) atoms. The van der Waals surface area contributed by atoms with Crippen LogP contribution in [0.15, 0.2) is 60.9 Å². The second-order valence-electron chi connectivity index (χ2n) is 6.93. The van der Waals surface area contributed by atoms with E-state index in [2.05, 4.69) is 58.2 Å². The van der Waals surface area contributed by atoms with Crippen molar-refractivity contribution in [1.82, 2.24) is 14.8 Å². The minimum atomic E-state index is 0.240. The summed E-state index contributed by atoms with van der Waals surface area (Å²) in [7, 11) is 0. The van der Waals surface area contributed by atoms with Gasteiger partial charge in [-0.15, -0.1) is 0 Å². The van der Waals surface area contributed by atoms with Gasteiger partial charge in [0.1, 0.15) is 5.75 Å². The Bertz CT molecular complexity index is 1040. The van der Waals surface area contributed by atoms with E-state index in [0.29, 0.717) is 5.92 Å². The van der Waals surface area contributed by atoms with Crippen molar-refractivity contribution in [1.29, 1.82) is 0 Å². The average Bonchev–Trinajstić information content (AvgIpc) is 3.36. The van der Waals surface area contributed by atoms with Crippen LogP contribution in [0.2, 0.25) is 0 Å². The smallest absolute Gasteiger partial charge is 0.188 e. The summed E-state index contributed by atoms with van der Waals surface area (Å²) in [5.74, 6) is 0.800. The molecule has 2 N–H and O–H groups in total. The van der Waals surface area contributed by atoms with Gasteiger partial charge in [0.15, 0.2) is 5.13 Å². The summed E-state index contributed by atoms with van der Waals surface area (Å²) in [6, 6.07) is 16.0. The molecule has 6 heteroatoms. The molecule has 0 saturated heterocycles. The highest BCUT2D eigenvalue weighted by atomic mass is 32.1. The minimum Gasteiger partial charge on any atom is -0.508 e. The first-order chi connectivity index (χ1) is 13.7. The number of anilines is 2. The van der Waals surface area contributed by atoms with Gasteiger partial charge in [0.25, 0.3) is 0 Å². The lowest BCUT2D eigenvalue weighted by Crippen LogP contribution is -2.20. The molecular weight excluding hydrogens is 368 g/mol. The van der Waals surface area contributed by atoms with Crippen LogP contribution in [-0.4, -0.2) is 19.9 Å². The SMILES string of the molecule is CCC(CC)C(c1ccc(Nc2nc3ccc(O)cc3s2)cc1)n1cccn1. The zero-order valence-corrected chi connectivity index (χ0v) is 16.9. The van der Waals surface area contributed by atoms with Gasteiger partial charge < -0.3 is 10.4 Å². The molecule has 1 unspecified atom stereocenters. The van der Waals surface area contributed by atoms with Gasteiger partial charge in [-0.25, -0.2) is 4.98 Å². The van der Waals surface area contributed by atoms with Gasteiger partial charge in [0.2, 0.25) is 0 Å². The number of nitrogens with zero attached hydrogens (tertiary/aromatic N) is 3. The van der Waals surface area contributed by atoms with Crippen molar-refractivity contribution < 1.29 is 5.11 Å². The molecular formula is C22H24N4OS. The Morgan fingerprint density at radius 1 is 1.11 bits per heavy atom. The predicted octanol–water partition coefficient (Wildman–Crippen LogP) is 5.97. The number of aromatic nitrogens is 3. The summed E-state index contributed by atoms with van der Waals surface area (Å²) >= 11 is 1.53. The molecule has 0 saturated carbocycles. The standard InChI is InChI=1S/C22H24N4OS/c1-3-15(4-2)21(26-13-5-12-23-26)16-6-8-17(9-7-16)24-22-25-19-11-10-18(27)14-20(19)28-22/h5-15,21,27H,3-4H2,1-2H3,(H,24,25). The Morgan fingerprint density at radius 3 is 2.57 bits per heavy atom. The second-order valence-corrected chi connectivity index (χ2v) is 7.96. The molecule has 1 atom stereocenters. The zero-order valence-electron chi connectivity index (χ0n) is 16.0. The molecule has 0 radical (unpaired) electrons. The van der Waals surface area contributed by atoms with Crippen LogP contribution in [0.4, 0.5) is 10.8 Å². The van der Waals surface area contributed by atoms with Gasteiger partial charge in [-0.05, 0) is 47.9 Å². The van der Waals surface area contributed by atoms with Crippen LogP contribution in [0.3, 0.4) is 0 Å². The maximum atomic E-state index is 9.63. The first-order valence-corrected chi connectivity index (χ1v) is 10.4. The van der Waals surface area contributed by atoms with E-state index in [4.69, 9.17) is 0 Å². The van der Waals surface area contributed by atoms with E-state index >= 15 is 0 Å². The van der Waals surface area contributed by atoms with Gasteiger partial charge >= 0.3 is 0 Å². The molecule has 2 aromatic heterocycles. The fourth-order valence-electron chi connectivity index (χ4n) is 3.68. The number of benzene rings is 2. The topological polar surface area (TPSA) is 63.0 Å². The van der Waals surface area contributed by atoms with Crippen LogP contribution in [0, 0.1) is 5.92 Å². The van der Waals surface area contributed by atoms with Crippen molar-refractivity contribution in [3.05, 3.63) is 66.5 Å². The summed E-state index contributed by atoms with van der Waals surface area (Å²) in [6.45, 7) is 4.48. The van der Waals surface area contributed by atoms with E-state index in [0.717, 1.165) is 33.9 Å². The fourth-order valence-corrected chi connectivity index (χ4v) is 4.59. The van der Waals surface area contributed by atoms with Crippen molar-refractivity contribution >= 4 is 32.4 Å². The Morgan fingerprint density at radius 2 is 1.89 bits per heavy atom. The molecule has 0 fully saturated rings. The van der Waals surface area contributed by atoms with Crippen LogP contribution in [0.5, 0.6) is 5.75 Å². The highest BCUT2D eigenvalue weighted by molar-refractivity contribution is 7.22. The third-order valence-electron chi connectivity index (χ3n) is 5.18. The maximum Gasteiger partial charge on any atom is 0.188 e. The van der Waals surface area contributed by atoms with Crippen molar-refractivity contribution in [2.45, 2.75) is 32.7 Å². The minimum absolute atomic E-state index is 0.240. The van der Waals surface area contributed by atoms with Crippen molar-refractivity contribution in [2.75, 3.05) is 5.32 Å². The van der Waals surface area contributed by atoms with Crippen molar-refractivity contribution in [3.63, 3.8) is 0 Å². The fraction of sp³-hybridized carbons (Fsp3) is 0.273. The Balaban J connectivity index is 1.58. The predicted molar refractivity (Wildman–Crippen MR) is 115 cm³/mol. The quantitative estimate of drug-likeness (QED) is 0.407. The summed E-state index contributed by atoms with van der Waals surface area (Å²) < 4.78 is 3.03. The molecule has 0 aliphatic carbocycles. The van der Waals surface area contributed by atoms with Crippen molar-refractivity contribution in [2.24, 2.45) is 5.92 Å². The first-order valence-electron chi connectivity index (χ1n) is 9.63. The zero-order chi connectivity index (χ0) is 19.5. The number of phenolic OH excluding ortho intramolecular Hbond substituents is 1. The lowest BCUT2D eigenvalue weighted by molar-refractivity contribution is 0.333. The number of hydrogen-bond donors (Lipinski definition) is 2. The van der Waals surface area contributed by atoms with E-state index in [1.165, 1.54) is 16.9 Å². The lowest BCUT2D eigenvalue weighted by atomic mass is 9.89. The molecule has 0 amide bonds. The normalized spacial score (nSPS) is 12.5. The number of hydrogen-bond acceptors (Lipinski definition) is 5. The molecule has 4 rings (SSSR count). The van der Waals surface area contributed by atoms with Gasteiger partial charge in [-0.1, -0.05) is 50.2 Å². The number of rotatable bonds is 7. The van der Waals surface area contributed by atoms with Gasteiger partial charge in [-0.3, -0.25) is 4.68 Å². The molecule has 4 aromatic rings. The highest BCUT2D eigenvalue weighted by Crippen LogP contribution is 2.33. The maximum absolute atomic E-state index is 9.63. The Hall–Kier alpha value is -2.86. The molecule has 2 heterocycles. The van der Waals surface area contributed by atoms with Crippen LogP contribution in [-0.2, 0) is 0 Å². The Labute approximate surface area is 168 Å². The number of aromatic hydroxyl groups is 1. The van der Waals surface area contributed by atoms with E-state index in [1.807, 2.05) is 24.5 Å². The summed E-state index contributed by atoms with van der Waals surface area (Å²) in [4.78, 5) is 4.58. The summed E-state index contributed by atoms with van der Waals surface area (Å²) in [5, 5.41) is 18.3. The average molecular weight is 393 g/mol. The summed E-state index contributed by atoms with van der Waals surface area (Å²) in [6.07, 6.45) is 6.11. The van der Waals surface area contributed by atoms with Crippen LogP contribution >= 0.6 is 11.3 Å². The number of phenols is 1. The number of fused-ring (bicyclic) bond motifs is 1. The van der Waals surface area contributed by atoms with E-state index < -0.39 is 0 Å². The molecule has 2 aromatic carbocycles. The second kappa shape index (κ2) is 8.02. The van der Waals surface area contributed by atoms with E-state index in [9.17, 15) is 5.11 Å². The molecule has 5 nitrogen and oxygen atoms in total. The van der Waals surface area contributed by atoms with Crippen molar-refractivity contribution in [3.8, 4) is 5.75 Å². The van der Waals surface area contributed by atoms with Crippen LogP contribution < -0.4 is 5.32 Å². The van der Waals surface area contributed by atoms with Gasteiger partial charge in [0, 0.05) is 18.1 Å². The van der Waals surface area contributed by atoms with E-state index in [1.54, 1.807) is 12.1 Å². The highest BCUT2D eigenvalue weighted by Gasteiger charge is 2.22. The van der Waals surface area contributed by atoms with Gasteiger partial charge in [-0.2, -0.15) is 5.10 Å².